The predicted molar refractivity (Wildman–Crippen MR) is 81.7 cm³/mol. The van der Waals surface area contributed by atoms with Crippen LogP contribution in [0.2, 0.25) is 0 Å². The van der Waals surface area contributed by atoms with Crippen molar-refractivity contribution in [2.24, 2.45) is 0 Å². The molecule has 0 aliphatic heterocycles. The van der Waals surface area contributed by atoms with Crippen molar-refractivity contribution in [1.82, 2.24) is 0 Å². The maximum absolute atomic E-state index is 13.0. The molecule has 0 spiro atoms. The van der Waals surface area contributed by atoms with Gasteiger partial charge < -0.3 is 10.1 Å². The molecule has 0 saturated carbocycles. The molecule has 4 heteroatoms. The number of benzene rings is 2. The van der Waals surface area contributed by atoms with Crippen molar-refractivity contribution < 1.29 is 13.9 Å². The Balaban J connectivity index is 2.05. The Kier molecular flexibility index (Phi) is 5.10. The summed E-state index contributed by atoms with van der Waals surface area (Å²) < 4.78 is 18.5. The van der Waals surface area contributed by atoms with Crippen molar-refractivity contribution in [1.29, 1.82) is 0 Å². The Labute approximate surface area is 123 Å². The average molecular weight is 285 g/mol. The highest BCUT2D eigenvalue weighted by molar-refractivity contribution is 6.02. The van der Waals surface area contributed by atoms with E-state index in [-0.39, 0.29) is 11.7 Å². The molecule has 2 rings (SSSR count). The fraction of sp³-hybridized carbons (Fsp3) is 0.118. The van der Waals surface area contributed by atoms with Gasteiger partial charge in [-0.05, 0) is 42.8 Å². The Hall–Kier alpha value is -2.62. The molecular weight excluding hydrogens is 269 g/mol. The molecule has 2 aromatic carbocycles. The lowest BCUT2D eigenvalue weighted by Crippen LogP contribution is -2.09. The summed E-state index contributed by atoms with van der Waals surface area (Å²) in [6.45, 7) is 2.40. The number of hydrogen-bond acceptors (Lipinski definition) is 2. The van der Waals surface area contributed by atoms with Gasteiger partial charge in [0.15, 0.2) is 0 Å². The lowest BCUT2D eigenvalue weighted by Gasteiger charge is -2.09. The lowest BCUT2D eigenvalue weighted by atomic mass is 10.2. The van der Waals surface area contributed by atoms with E-state index in [2.05, 4.69) is 5.32 Å². The summed E-state index contributed by atoms with van der Waals surface area (Å²) in [5.41, 5.74) is 1.23. The van der Waals surface area contributed by atoms with E-state index >= 15 is 0 Å². The third-order valence-electron chi connectivity index (χ3n) is 2.72. The molecule has 0 radical (unpaired) electrons. The average Bonchev–Trinajstić information content (AvgIpc) is 2.48. The van der Waals surface area contributed by atoms with Crippen LogP contribution in [0.1, 0.15) is 12.5 Å². The third-order valence-corrected chi connectivity index (χ3v) is 2.72. The van der Waals surface area contributed by atoms with E-state index in [1.165, 1.54) is 18.2 Å². The number of carbonyl (C=O) groups excluding carboxylic acids is 1. The number of nitrogens with one attached hydrogen (secondary N) is 1. The van der Waals surface area contributed by atoms with Gasteiger partial charge in [0.05, 0.1) is 12.3 Å². The Morgan fingerprint density at radius 2 is 2.05 bits per heavy atom. The molecule has 0 heterocycles. The molecule has 0 atom stereocenters. The summed E-state index contributed by atoms with van der Waals surface area (Å²) in [4.78, 5) is 11.9. The van der Waals surface area contributed by atoms with E-state index in [0.717, 1.165) is 0 Å². The topological polar surface area (TPSA) is 38.3 Å². The van der Waals surface area contributed by atoms with Crippen molar-refractivity contribution in [3.8, 4) is 5.75 Å². The van der Waals surface area contributed by atoms with Gasteiger partial charge in [-0.25, -0.2) is 4.39 Å². The zero-order valence-corrected chi connectivity index (χ0v) is 11.7. The largest absolute Gasteiger partial charge is 0.492 e. The monoisotopic (exact) mass is 285 g/mol. The second-order valence-corrected chi connectivity index (χ2v) is 4.31. The highest BCUT2D eigenvalue weighted by Crippen LogP contribution is 2.23. The lowest BCUT2D eigenvalue weighted by molar-refractivity contribution is -0.111. The second-order valence-electron chi connectivity index (χ2n) is 4.31. The van der Waals surface area contributed by atoms with Crippen LogP contribution in [0.4, 0.5) is 10.1 Å². The van der Waals surface area contributed by atoms with Gasteiger partial charge in [0.1, 0.15) is 11.6 Å². The number of para-hydroxylation sites is 2. The van der Waals surface area contributed by atoms with Crippen LogP contribution in [0, 0.1) is 5.82 Å². The van der Waals surface area contributed by atoms with Crippen LogP contribution in [-0.4, -0.2) is 12.5 Å². The first-order valence-electron chi connectivity index (χ1n) is 6.65. The second kappa shape index (κ2) is 7.24. The van der Waals surface area contributed by atoms with Crippen molar-refractivity contribution in [2.75, 3.05) is 11.9 Å². The van der Waals surface area contributed by atoms with Gasteiger partial charge in [0.25, 0.3) is 0 Å². The van der Waals surface area contributed by atoms with Crippen LogP contribution < -0.4 is 10.1 Å². The van der Waals surface area contributed by atoms with Crippen LogP contribution in [0.5, 0.6) is 5.75 Å². The van der Waals surface area contributed by atoms with Crippen LogP contribution in [0.3, 0.4) is 0 Å². The number of amides is 1. The summed E-state index contributed by atoms with van der Waals surface area (Å²) in [5, 5.41) is 2.74. The first kappa shape index (κ1) is 14.8. The normalized spacial score (nSPS) is 10.6. The molecule has 2 aromatic rings. The van der Waals surface area contributed by atoms with Gasteiger partial charge in [-0.15, -0.1) is 0 Å². The van der Waals surface area contributed by atoms with Gasteiger partial charge in [-0.2, -0.15) is 0 Å². The van der Waals surface area contributed by atoms with Crippen LogP contribution in [-0.2, 0) is 4.79 Å². The molecule has 3 nitrogen and oxygen atoms in total. The zero-order valence-electron chi connectivity index (χ0n) is 11.7. The van der Waals surface area contributed by atoms with Crippen LogP contribution >= 0.6 is 0 Å². The summed E-state index contributed by atoms with van der Waals surface area (Å²) in [6, 6.07) is 13.2. The Bertz CT molecular complexity index is 653. The highest BCUT2D eigenvalue weighted by Gasteiger charge is 2.04. The minimum absolute atomic E-state index is 0.300. The van der Waals surface area contributed by atoms with Gasteiger partial charge in [-0.1, -0.05) is 24.3 Å². The van der Waals surface area contributed by atoms with Crippen molar-refractivity contribution in [2.45, 2.75) is 6.92 Å². The summed E-state index contributed by atoms with van der Waals surface area (Å²) in [6.07, 6.45) is 2.92. The van der Waals surface area contributed by atoms with E-state index in [9.17, 15) is 9.18 Å². The van der Waals surface area contributed by atoms with E-state index in [4.69, 9.17) is 4.74 Å². The van der Waals surface area contributed by atoms with E-state index in [0.29, 0.717) is 23.6 Å². The minimum atomic E-state index is -0.334. The highest BCUT2D eigenvalue weighted by atomic mass is 19.1. The first-order valence-corrected chi connectivity index (χ1v) is 6.65. The Morgan fingerprint density at radius 3 is 2.81 bits per heavy atom. The fourth-order valence-corrected chi connectivity index (χ4v) is 1.81. The van der Waals surface area contributed by atoms with Crippen LogP contribution in [0.25, 0.3) is 6.08 Å². The first-order chi connectivity index (χ1) is 10.2. The number of hydrogen-bond donors (Lipinski definition) is 1. The third kappa shape index (κ3) is 4.45. The van der Waals surface area contributed by atoms with E-state index in [1.807, 2.05) is 19.1 Å². The molecule has 0 aliphatic carbocycles. The summed E-state index contributed by atoms with van der Waals surface area (Å²) in [7, 11) is 0. The van der Waals surface area contributed by atoms with Crippen molar-refractivity contribution in [3.63, 3.8) is 0 Å². The molecule has 1 N–H and O–H groups in total. The molecule has 0 unspecified atom stereocenters. The maximum atomic E-state index is 13.0. The van der Waals surface area contributed by atoms with Crippen LogP contribution in [0.15, 0.2) is 54.6 Å². The summed E-state index contributed by atoms with van der Waals surface area (Å²) in [5.74, 6) is -0.0156. The molecule has 108 valence electrons. The van der Waals surface area contributed by atoms with Gasteiger partial charge >= 0.3 is 0 Å². The fourth-order valence-electron chi connectivity index (χ4n) is 1.81. The van der Waals surface area contributed by atoms with Gasteiger partial charge in [0, 0.05) is 6.08 Å². The van der Waals surface area contributed by atoms with Gasteiger partial charge in [0.2, 0.25) is 5.91 Å². The van der Waals surface area contributed by atoms with E-state index in [1.54, 1.807) is 30.3 Å². The van der Waals surface area contributed by atoms with E-state index < -0.39 is 0 Å². The standard InChI is InChI=1S/C17H16FNO2/c1-2-21-16-9-4-3-8-15(16)19-17(20)11-10-13-6-5-7-14(18)12-13/h3-12H,2H2,1H3,(H,19,20). The van der Waals surface area contributed by atoms with Gasteiger partial charge in [-0.3, -0.25) is 4.79 Å². The number of ether oxygens (including phenoxy) is 1. The minimum Gasteiger partial charge on any atom is -0.492 e. The quantitative estimate of drug-likeness (QED) is 0.847. The zero-order chi connectivity index (χ0) is 15.1. The van der Waals surface area contributed by atoms with Crippen molar-refractivity contribution >= 4 is 17.7 Å². The summed E-state index contributed by atoms with van der Waals surface area (Å²) >= 11 is 0. The number of halogens is 1. The number of carbonyl (C=O) groups is 1. The number of anilines is 1. The molecule has 0 aromatic heterocycles. The Morgan fingerprint density at radius 1 is 1.24 bits per heavy atom. The smallest absolute Gasteiger partial charge is 0.248 e. The predicted octanol–water partition coefficient (Wildman–Crippen LogP) is 3.88. The molecule has 0 bridgehead atoms. The molecular formula is C17H16FNO2. The SMILES string of the molecule is CCOc1ccccc1NC(=O)C=Cc1cccc(F)c1. The molecule has 1 amide bonds. The number of rotatable bonds is 5. The maximum Gasteiger partial charge on any atom is 0.248 e. The van der Waals surface area contributed by atoms with Crippen molar-refractivity contribution in [3.05, 3.63) is 66.0 Å². The molecule has 0 fully saturated rings. The molecule has 0 aliphatic rings. The molecule has 0 saturated heterocycles. The molecule has 21 heavy (non-hydrogen) atoms.